The summed E-state index contributed by atoms with van der Waals surface area (Å²) in [5.41, 5.74) is 6.33. The fourth-order valence-corrected chi connectivity index (χ4v) is 3.46. The van der Waals surface area contributed by atoms with Gasteiger partial charge in [0.15, 0.2) is 11.6 Å². The summed E-state index contributed by atoms with van der Waals surface area (Å²) < 4.78 is 60.8. The van der Waals surface area contributed by atoms with E-state index in [0.29, 0.717) is 23.8 Å². The van der Waals surface area contributed by atoms with Gasteiger partial charge in [0.1, 0.15) is 24.4 Å². The van der Waals surface area contributed by atoms with Crippen LogP contribution in [0.25, 0.3) is 0 Å². The summed E-state index contributed by atoms with van der Waals surface area (Å²) in [6.07, 6.45) is -3.49. The Morgan fingerprint density at radius 3 is 2.54 bits per heavy atom. The summed E-state index contributed by atoms with van der Waals surface area (Å²) in [5.74, 6) is -2.23. The molecule has 3 amide bonds. The molecule has 1 saturated heterocycles. The molecule has 0 radical (unpaired) electrons. The fourth-order valence-electron chi connectivity index (χ4n) is 3.46. The van der Waals surface area contributed by atoms with Crippen LogP contribution in [0.4, 0.5) is 39.5 Å². The first-order valence-corrected chi connectivity index (χ1v) is 10.1. The Bertz CT molecular complexity index is 1300. The second-order valence-electron chi connectivity index (χ2n) is 7.29. The molecule has 4 rings (SSSR count). The summed E-state index contributed by atoms with van der Waals surface area (Å²) in [6, 6.07) is 7.76. The van der Waals surface area contributed by atoms with Crippen LogP contribution < -0.4 is 25.0 Å². The number of hydrogen-bond acceptors (Lipinski definition) is 7. The number of carbonyl (C=O) groups is 2. The van der Waals surface area contributed by atoms with Crippen LogP contribution in [0.5, 0.6) is 17.4 Å². The van der Waals surface area contributed by atoms with E-state index in [9.17, 15) is 27.2 Å². The number of nitrogens with two attached hydrogens (primary N) is 1. The van der Waals surface area contributed by atoms with Crippen molar-refractivity contribution in [2.45, 2.75) is 19.7 Å². The van der Waals surface area contributed by atoms with Gasteiger partial charge in [0, 0.05) is 17.8 Å². The van der Waals surface area contributed by atoms with Crippen molar-refractivity contribution in [1.82, 2.24) is 9.97 Å². The number of amides is 3. The minimum Gasteiger partial charge on any atom is -0.439 e. The molecule has 0 spiro atoms. The molecule has 0 bridgehead atoms. The second-order valence-corrected chi connectivity index (χ2v) is 7.29. The van der Waals surface area contributed by atoms with Crippen LogP contribution in [0, 0.1) is 5.82 Å². The number of benzene rings is 2. The highest BCUT2D eigenvalue weighted by Crippen LogP contribution is 2.35. The summed E-state index contributed by atoms with van der Waals surface area (Å²) in [7, 11) is 0. The van der Waals surface area contributed by atoms with E-state index in [1.165, 1.54) is 24.5 Å². The van der Waals surface area contributed by atoms with E-state index >= 15 is 0 Å². The van der Waals surface area contributed by atoms with Crippen LogP contribution in [0.3, 0.4) is 0 Å². The normalized spacial score (nSPS) is 14.0. The lowest BCUT2D eigenvalue weighted by Gasteiger charge is -2.20. The molecule has 2 aromatic carbocycles. The lowest BCUT2D eigenvalue weighted by Crippen LogP contribution is -2.33. The van der Waals surface area contributed by atoms with E-state index in [1.807, 2.05) is 0 Å². The monoisotopic (exact) mass is 491 g/mol. The van der Waals surface area contributed by atoms with Crippen molar-refractivity contribution in [3.05, 3.63) is 60.2 Å². The van der Waals surface area contributed by atoms with E-state index in [1.54, 1.807) is 13.0 Å². The van der Waals surface area contributed by atoms with E-state index < -0.39 is 36.4 Å². The van der Waals surface area contributed by atoms with Crippen LogP contribution in [0.15, 0.2) is 48.8 Å². The summed E-state index contributed by atoms with van der Waals surface area (Å²) in [6.45, 7) is 1.34. The van der Waals surface area contributed by atoms with Crippen LogP contribution in [0.1, 0.15) is 12.5 Å². The zero-order chi connectivity index (χ0) is 25.3. The molecule has 1 fully saturated rings. The van der Waals surface area contributed by atoms with Gasteiger partial charge in [-0.2, -0.15) is 0 Å². The summed E-state index contributed by atoms with van der Waals surface area (Å²) in [4.78, 5) is 35.4. The average Bonchev–Trinajstić information content (AvgIpc) is 3.08. The van der Waals surface area contributed by atoms with Crippen LogP contribution >= 0.6 is 0 Å². The number of hydrogen-bond donors (Lipinski definition) is 1. The predicted octanol–water partition coefficient (Wildman–Crippen LogP) is 4.42. The van der Waals surface area contributed by atoms with Crippen molar-refractivity contribution in [3.8, 4) is 17.4 Å². The number of nitrogen functional groups attached to an aromatic ring is 1. The first-order chi connectivity index (χ1) is 16.6. The maximum Gasteiger partial charge on any atom is 0.573 e. The highest BCUT2D eigenvalue weighted by Gasteiger charge is 2.40. The maximum atomic E-state index is 13.8. The number of carbonyl (C=O) groups excluding carboxylic acids is 2. The molecule has 2 heterocycles. The van der Waals surface area contributed by atoms with Gasteiger partial charge in [0.2, 0.25) is 5.88 Å². The number of rotatable bonds is 6. The Morgan fingerprint density at radius 1 is 1.09 bits per heavy atom. The molecule has 35 heavy (non-hydrogen) atoms. The lowest BCUT2D eigenvalue weighted by atomic mass is 10.1. The number of ether oxygens (including phenoxy) is 2. The van der Waals surface area contributed by atoms with Gasteiger partial charge >= 0.3 is 12.4 Å². The van der Waals surface area contributed by atoms with Gasteiger partial charge in [0.05, 0.1) is 5.69 Å². The van der Waals surface area contributed by atoms with Crippen LogP contribution in [0.2, 0.25) is 0 Å². The Hall–Kier alpha value is -4.42. The Kier molecular flexibility index (Phi) is 6.16. The number of aryl methyl sites for hydroxylation is 1. The van der Waals surface area contributed by atoms with E-state index in [4.69, 9.17) is 10.5 Å². The molecule has 0 saturated carbocycles. The summed E-state index contributed by atoms with van der Waals surface area (Å²) >= 11 is 0. The van der Waals surface area contributed by atoms with E-state index in [2.05, 4.69) is 14.7 Å². The molecular formula is C22H17F4N5O4. The standard InChI is InChI=1S/C22H17F4N5O4/c1-2-12-7-14(34-19-9-18(27)28-11-29-19)4-6-16(12)31-20(32)10-30(21(31)33)13-3-5-15(23)17(8-13)35-22(24,25)26/h3-9,11H,2,10H2,1H3,(H2,27,28,29). The van der Waals surface area contributed by atoms with Crippen molar-refractivity contribution >= 4 is 29.1 Å². The molecule has 3 aromatic rings. The fraction of sp³-hybridized carbons (Fsp3) is 0.182. The number of imide groups is 1. The number of urea groups is 1. The Balaban J connectivity index is 1.61. The third kappa shape index (κ3) is 5.08. The molecule has 0 aliphatic carbocycles. The van der Waals surface area contributed by atoms with Gasteiger partial charge in [-0.05, 0) is 42.3 Å². The molecule has 9 nitrogen and oxygen atoms in total. The first-order valence-electron chi connectivity index (χ1n) is 10.1. The van der Waals surface area contributed by atoms with Crippen molar-refractivity contribution in [2.75, 3.05) is 22.1 Å². The van der Waals surface area contributed by atoms with Crippen molar-refractivity contribution in [1.29, 1.82) is 0 Å². The van der Waals surface area contributed by atoms with Crippen LogP contribution in [-0.4, -0.2) is 34.8 Å². The first kappa shape index (κ1) is 23.7. The maximum absolute atomic E-state index is 13.8. The zero-order valence-corrected chi connectivity index (χ0v) is 18.0. The Labute approximate surface area is 195 Å². The molecule has 1 aliphatic rings. The molecule has 182 valence electrons. The molecule has 0 atom stereocenters. The van der Waals surface area contributed by atoms with Crippen molar-refractivity contribution in [3.63, 3.8) is 0 Å². The molecule has 1 aromatic heterocycles. The van der Waals surface area contributed by atoms with Gasteiger partial charge in [-0.25, -0.2) is 24.1 Å². The number of alkyl halides is 3. The highest BCUT2D eigenvalue weighted by atomic mass is 19.4. The van der Waals surface area contributed by atoms with Crippen LogP contribution in [-0.2, 0) is 11.2 Å². The average molecular weight is 491 g/mol. The third-order valence-corrected chi connectivity index (χ3v) is 4.98. The SMILES string of the molecule is CCc1cc(Oc2cc(N)ncn2)ccc1N1C(=O)CN(c2ccc(F)c(OC(F)(F)F)c2)C1=O. The zero-order valence-electron chi connectivity index (χ0n) is 18.0. The molecular weight excluding hydrogens is 474 g/mol. The molecule has 13 heteroatoms. The molecule has 0 unspecified atom stereocenters. The third-order valence-electron chi connectivity index (χ3n) is 4.98. The lowest BCUT2D eigenvalue weighted by molar-refractivity contribution is -0.275. The van der Waals surface area contributed by atoms with Crippen molar-refractivity contribution in [2.24, 2.45) is 0 Å². The van der Waals surface area contributed by atoms with E-state index in [-0.39, 0.29) is 23.1 Å². The van der Waals surface area contributed by atoms with Crippen molar-refractivity contribution < 1.29 is 36.6 Å². The van der Waals surface area contributed by atoms with Gasteiger partial charge < -0.3 is 15.2 Å². The molecule has 1 aliphatic heterocycles. The Morgan fingerprint density at radius 2 is 1.86 bits per heavy atom. The largest absolute Gasteiger partial charge is 0.573 e. The highest BCUT2D eigenvalue weighted by molar-refractivity contribution is 6.27. The minimum absolute atomic E-state index is 0.133. The van der Waals surface area contributed by atoms with E-state index in [0.717, 1.165) is 21.9 Å². The smallest absolute Gasteiger partial charge is 0.439 e. The predicted molar refractivity (Wildman–Crippen MR) is 116 cm³/mol. The second kappa shape index (κ2) is 9.08. The minimum atomic E-state index is -5.13. The topological polar surface area (TPSA) is 111 Å². The number of halogens is 4. The number of aromatic nitrogens is 2. The summed E-state index contributed by atoms with van der Waals surface area (Å²) in [5, 5.41) is 0. The number of anilines is 3. The van der Waals surface area contributed by atoms with Gasteiger partial charge in [-0.1, -0.05) is 6.92 Å². The van der Waals surface area contributed by atoms with Gasteiger partial charge in [-0.15, -0.1) is 13.2 Å². The van der Waals surface area contributed by atoms with Gasteiger partial charge in [-0.3, -0.25) is 9.69 Å². The molecule has 2 N–H and O–H groups in total. The quantitative estimate of drug-likeness (QED) is 0.401. The number of nitrogens with zero attached hydrogens (tertiary/aromatic N) is 4. The van der Waals surface area contributed by atoms with Gasteiger partial charge in [0.25, 0.3) is 5.91 Å².